The van der Waals surface area contributed by atoms with Gasteiger partial charge >= 0.3 is 0 Å². The van der Waals surface area contributed by atoms with Gasteiger partial charge in [-0.25, -0.2) is 0 Å². The van der Waals surface area contributed by atoms with Gasteiger partial charge in [0.15, 0.2) is 0 Å². The van der Waals surface area contributed by atoms with Gasteiger partial charge in [0.1, 0.15) is 0 Å². The van der Waals surface area contributed by atoms with Crippen LogP contribution in [0.3, 0.4) is 0 Å². The molecule has 86 valence electrons. The van der Waals surface area contributed by atoms with Crippen LogP contribution in [-0.2, 0) is 4.74 Å². The van der Waals surface area contributed by atoms with Crippen LogP contribution in [0.4, 0.5) is 0 Å². The number of methoxy groups -OCH3 is 1. The average Bonchev–Trinajstić information content (AvgIpc) is 2.20. The van der Waals surface area contributed by atoms with Gasteiger partial charge in [0.05, 0.1) is 0 Å². The van der Waals surface area contributed by atoms with Crippen LogP contribution in [0.25, 0.3) is 0 Å². The molecule has 0 heterocycles. The minimum Gasteiger partial charge on any atom is -0.385 e. The molecule has 0 saturated heterocycles. The molecule has 0 fully saturated rings. The molecule has 0 saturated carbocycles. The molecule has 0 aromatic heterocycles. The van der Waals surface area contributed by atoms with E-state index >= 15 is 0 Å². The molecule has 0 aliphatic carbocycles. The maximum absolute atomic E-state index is 5.11. The highest BCUT2D eigenvalue weighted by atomic mass is 32.2. The summed E-state index contributed by atoms with van der Waals surface area (Å²) in [7, 11) is 1.77. The molecule has 14 heavy (non-hydrogen) atoms. The Kier molecular flexibility index (Phi) is 10.0. The summed E-state index contributed by atoms with van der Waals surface area (Å²) in [5.41, 5.74) is 0. The summed E-state index contributed by atoms with van der Waals surface area (Å²) in [6, 6.07) is 0.639. The molecule has 0 bridgehead atoms. The minimum atomic E-state index is 0.639. The van der Waals surface area contributed by atoms with Gasteiger partial charge < -0.3 is 10.1 Å². The Morgan fingerprint density at radius 1 is 1.36 bits per heavy atom. The number of hydrogen-bond acceptors (Lipinski definition) is 3. The van der Waals surface area contributed by atoms with Gasteiger partial charge in [-0.15, -0.1) is 0 Å². The molecule has 0 spiro atoms. The summed E-state index contributed by atoms with van der Waals surface area (Å²) in [4.78, 5) is 0. The topological polar surface area (TPSA) is 21.3 Å². The Morgan fingerprint density at radius 2 is 2.07 bits per heavy atom. The van der Waals surface area contributed by atoms with Crippen LogP contribution in [-0.4, -0.2) is 37.8 Å². The lowest BCUT2D eigenvalue weighted by Crippen LogP contribution is -2.37. The molecule has 0 aromatic rings. The molecule has 0 rings (SSSR count). The van der Waals surface area contributed by atoms with Crippen molar-refractivity contribution in [3.8, 4) is 0 Å². The van der Waals surface area contributed by atoms with Crippen molar-refractivity contribution < 1.29 is 4.74 Å². The number of nitrogens with one attached hydrogen (secondary N) is 1. The van der Waals surface area contributed by atoms with E-state index < -0.39 is 0 Å². The molecule has 3 heteroatoms. The lowest BCUT2D eigenvalue weighted by molar-refractivity contribution is 0.172. The third-order valence-electron chi connectivity index (χ3n) is 2.43. The zero-order valence-corrected chi connectivity index (χ0v) is 10.8. The fourth-order valence-electron chi connectivity index (χ4n) is 1.44. The Balaban J connectivity index is 3.77. The van der Waals surface area contributed by atoms with E-state index in [1.807, 2.05) is 11.8 Å². The van der Waals surface area contributed by atoms with Crippen molar-refractivity contribution in [3.05, 3.63) is 0 Å². The molecule has 1 N–H and O–H groups in total. The van der Waals surface area contributed by atoms with Crippen molar-refractivity contribution >= 4 is 11.8 Å². The highest BCUT2D eigenvalue weighted by Gasteiger charge is 2.15. The van der Waals surface area contributed by atoms with Crippen LogP contribution in [0.15, 0.2) is 0 Å². The molecular formula is C11H25NOS. The van der Waals surface area contributed by atoms with Crippen molar-refractivity contribution in [1.29, 1.82) is 0 Å². The summed E-state index contributed by atoms with van der Waals surface area (Å²) in [5.74, 6) is 3.13. The van der Waals surface area contributed by atoms with Crippen LogP contribution in [0.5, 0.6) is 0 Å². The molecule has 0 radical (unpaired) electrons. The highest BCUT2D eigenvalue weighted by molar-refractivity contribution is 7.99. The lowest BCUT2D eigenvalue weighted by atomic mass is 10.0. The minimum absolute atomic E-state index is 0.639. The lowest BCUT2D eigenvalue weighted by Gasteiger charge is -2.24. The molecule has 2 nitrogen and oxygen atoms in total. The van der Waals surface area contributed by atoms with Crippen LogP contribution in [0.1, 0.15) is 27.2 Å². The standard InChI is InChI=1S/C11H25NOS/c1-5-12-11(9-14-6-2)10(3)7-8-13-4/h10-12H,5-9H2,1-4H3. The first-order chi connectivity index (χ1) is 6.76. The summed E-state index contributed by atoms with van der Waals surface area (Å²) in [5, 5.41) is 3.55. The van der Waals surface area contributed by atoms with Crippen LogP contribution in [0, 0.1) is 5.92 Å². The first kappa shape index (κ1) is 14.3. The fourth-order valence-corrected chi connectivity index (χ4v) is 2.37. The van der Waals surface area contributed by atoms with Crippen molar-refractivity contribution in [1.82, 2.24) is 5.32 Å². The van der Waals surface area contributed by atoms with Crippen molar-refractivity contribution in [2.75, 3.05) is 31.8 Å². The van der Waals surface area contributed by atoms with Crippen molar-refractivity contribution in [3.63, 3.8) is 0 Å². The Bertz CT molecular complexity index is 122. The average molecular weight is 219 g/mol. The van der Waals surface area contributed by atoms with Crippen molar-refractivity contribution in [2.24, 2.45) is 5.92 Å². The van der Waals surface area contributed by atoms with E-state index in [-0.39, 0.29) is 0 Å². The van der Waals surface area contributed by atoms with E-state index in [1.165, 1.54) is 11.5 Å². The Hall–Kier alpha value is 0.270. The van der Waals surface area contributed by atoms with E-state index in [9.17, 15) is 0 Å². The molecule has 2 atom stereocenters. The normalized spacial score (nSPS) is 15.4. The maximum Gasteiger partial charge on any atom is 0.0465 e. The molecular weight excluding hydrogens is 194 g/mol. The van der Waals surface area contributed by atoms with E-state index in [0.29, 0.717) is 12.0 Å². The first-order valence-electron chi connectivity index (χ1n) is 5.56. The summed E-state index contributed by atoms with van der Waals surface area (Å²) in [6.07, 6.45) is 1.15. The first-order valence-corrected chi connectivity index (χ1v) is 6.71. The van der Waals surface area contributed by atoms with Crippen LogP contribution >= 0.6 is 11.8 Å². The Morgan fingerprint density at radius 3 is 2.57 bits per heavy atom. The molecule has 0 aliphatic rings. The predicted molar refractivity (Wildman–Crippen MR) is 66.1 cm³/mol. The van der Waals surface area contributed by atoms with E-state index in [2.05, 4.69) is 26.1 Å². The van der Waals surface area contributed by atoms with Gasteiger partial charge in [0, 0.05) is 25.5 Å². The predicted octanol–water partition coefficient (Wildman–Crippen LogP) is 2.39. The highest BCUT2D eigenvalue weighted by Crippen LogP contribution is 2.13. The number of rotatable bonds is 9. The zero-order chi connectivity index (χ0) is 10.8. The van der Waals surface area contributed by atoms with E-state index in [4.69, 9.17) is 4.74 Å². The Labute approximate surface area is 93.2 Å². The van der Waals surface area contributed by atoms with Gasteiger partial charge in [-0.1, -0.05) is 20.8 Å². The summed E-state index contributed by atoms with van der Waals surface area (Å²) >= 11 is 2.01. The van der Waals surface area contributed by atoms with Gasteiger partial charge in [-0.2, -0.15) is 11.8 Å². The van der Waals surface area contributed by atoms with Gasteiger partial charge in [0.2, 0.25) is 0 Å². The molecule has 0 amide bonds. The number of hydrogen-bond donors (Lipinski definition) is 1. The second-order valence-corrected chi connectivity index (χ2v) is 4.90. The number of ether oxygens (including phenoxy) is 1. The third-order valence-corrected chi connectivity index (χ3v) is 3.44. The quantitative estimate of drug-likeness (QED) is 0.643. The smallest absolute Gasteiger partial charge is 0.0465 e. The van der Waals surface area contributed by atoms with Crippen LogP contribution < -0.4 is 5.32 Å². The van der Waals surface area contributed by atoms with E-state index in [0.717, 1.165) is 19.6 Å². The summed E-state index contributed by atoms with van der Waals surface area (Å²) < 4.78 is 5.11. The molecule has 0 aromatic carbocycles. The van der Waals surface area contributed by atoms with Crippen molar-refractivity contribution in [2.45, 2.75) is 33.2 Å². The molecule has 0 aliphatic heterocycles. The zero-order valence-electron chi connectivity index (χ0n) is 10.0. The van der Waals surface area contributed by atoms with Crippen LogP contribution in [0.2, 0.25) is 0 Å². The fraction of sp³-hybridized carbons (Fsp3) is 1.00. The maximum atomic E-state index is 5.11. The monoisotopic (exact) mass is 219 g/mol. The van der Waals surface area contributed by atoms with Gasteiger partial charge in [-0.05, 0) is 24.6 Å². The number of thioether (sulfide) groups is 1. The summed E-state index contributed by atoms with van der Waals surface area (Å²) in [6.45, 7) is 8.63. The third kappa shape index (κ3) is 6.68. The van der Waals surface area contributed by atoms with Gasteiger partial charge in [0.25, 0.3) is 0 Å². The SMILES string of the molecule is CCNC(CSCC)C(C)CCOC. The largest absolute Gasteiger partial charge is 0.385 e. The van der Waals surface area contributed by atoms with Gasteiger partial charge in [-0.3, -0.25) is 0 Å². The second-order valence-electron chi connectivity index (χ2n) is 3.58. The molecule has 2 unspecified atom stereocenters. The van der Waals surface area contributed by atoms with E-state index in [1.54, 1.807) is 7.11 Å². The second kappa shape index (κ2) is 9.81.